The number of carbonyl (C=O) groups excluding carboxylic acids is 2. The molecule has 33 heavy (non-hydrogen) atoms. The number of aliphatic carboxylic acids is 1. The van der Waals surface area contributed by atoms with Crippen molar-refractivity contribution < 1.29 is 24.2 Å². The van der Waals surface area contributed by atoms with Gasteiger partial charge >= 0.3 is 12.1 Å². The Bertz CT molecular complexity index is 1020. The van der Waals surface area contributed by atoms with Gasteiger partial charge in [0.2, 0.25) is 5.91 Å². The standard InChI is InChI=1S/C26H28N2O5/c29-24(28-17-9-10-18(28)14-16(13-17)25(30)31)11-12-27-26(32)33-15-23-21-7-3-1-5-19(21)20-6-2-4-8-22(20)23/h1-8,16-18,23H,9-15H2,(H,27,32)(H,30,31). The average Bonchev–Trinajstić information content (AvgIpc) is 3.28. The van der Waals surface area contributed by atoms with Crippen LogP contribution in [0.15, 0.2) is 48.5 Å². The molecular formula is C26H28N2O5. The van der Waals surface area contributed by atoms with Gasteiger partial charge in [-0.1, -0.05) is 48.5 Å². The highest BCUT2D eigenvalue weighted by molar-refractivity contribution is 5.80. The Balaban J connectivity index is 1.11. The van der Waals surface area contributed by atoms with Crippen molar-refractivity contribution >= 4 is 18.0 Å². The fraction of sp³-hybridized carbons (Fsp3) is 0.423. The van der Waals surface area contributed by atoms with E-state index < -0.39 is 12.1 Å². The molecule has 2 bridgehead atoms. The molecule has 2 heterocycles. The summed E-state index contributed by atoms with van der Waals surface area (Å²) < 4.78 is 5.52. The molecule has 0 saturated carbocycles. The van der Waals surface area contributed by atoms with E-state index in [1.807, 2.05) is 29.2 Å². The predicted octanol–water partition coefficient (Wildman–Crippen LogP) is 3.77. The van der Waals surface area contributed by atoms with E-state index in [0.717, 1.165) is 24.0 Å². The Morgan fingerprint density at radius 3 is 2.09 bits per heavy atom. The number of carboxylic acid groups (broad SMARTS) is 1. The molecule has 2 amide bonds. The van der Waals surface area contributed by atoms with Crippen LogP contribution < -0.4 is 5.32 Å². The first-order valence-corrected chi connectivity index (χ1v) is 11.7. The van der Waals surface area contributed by atoms with E-state index in [-0.39, 0.29) is 49.4 Å². The van der Waals surface area contributed by atoms with Crippen LogP contribution in [0, 0.1) is 5.92 Å². The third kappa shape index (κ3) is 4.08. The molecule has 5 rings (SSSR count). The lowest BCUT2D eigenvalue weighted by Crippen LogP contribution is -2.48. The van der Waals surface area contributed by atoms with Gasteiger partial charge in [-0.25, -0.2) is 4.79 Å². The Labute approximate surface area is 192 Å². The molecule has 2 aromatic rings. The van der Waals surface area contributed by atoms with Crippen molar-refractivity contribution in [3.05, 3.63) is 59.7 Å². The number of ether oxygens (including phenoxy) is 1. The number of alkyl carbamates (subject to hydrolysis) is 1. The number of hydrogen-bond acceptors (Lipinski definition) is 4. The number of nitrogens with one attached hydrogen (secondary N) is 1. The van der Waals surface area contributed by atoms with Crippen molar-refractivity contribution in [3.63, 3.8) is 0 Å². The topological polar surface area (TPSA) is 95.9 Å². The van der Waals surface area contributed by atoms with Crippen LogP contribution in [-0.4, -0.2) is 53.2 Å². The zero-order chi connectivity index (χ0) is 22.9. The number of nitrogens with zero attached hydrogens (tertiary/aromatic N) is 1. The van der Waals surface area contributed by atoms with Crippen LogP contribution in [-0.2, 0) is 14.3 Å². The molecule has 2 N–H and O–H groups in total. The second-order valence-corrected chi connectivity index (χ2v) is 9.19. The summed E-state index contributed by atoms with van der Waals surface area (Å²) in [4.78, 5) is 38.2. The lowest BCUT2D eigenvalue weighted by atomic mass is 9.90. The first-order valence-electron chi connectivity index (χ1n) is 11.7. The molecule has 3 aliphatic rings. The van der Waals surface area contributed by atoms with E-state index in [9.17, 15) is 19.5 Å². The molecule has 2 fully saturated rings. The first-order chi connectivity index (χ1) is 16.0. The van der Waals surface area contributed by atoms with Crippen LogP contribution >= 0.6 is 0 Å². The lowest BCUT2D eigenvalue weighted by molar-refractivity contribution is -0.148. The molecular weight excluding hydrogens is 420 g/mol. The summed E-state index contributed by atoms with van der Waals surface area (Å²) in [6.07, 6.45) is 2.43. The Kier molecular flexibility index (Phi) is 5.79. The highest BCUT2D eigenvalue weighted by atomic mass is 16.5. The molecule has 2 unspecified atom stereocenters. The fourth-order valence-electron chi connectivity index (χ4n) is 5.84. The predicted molar refractivity (Wildman–Crippen MR) is 122 cm³/mol. The minimum atomic E-state index is -0.768. The van der Waals surface area contributed by atoms with Crippen LogP contribution in [0.3, 0.4) is 0 Å². The number of rotatable bonds is 6. The molecule has 172 valence electrons. The van der Waals surface area contributed by atoms with Crippen molar-refractivity contribution in [2.75, 3.05) is 13.2 Å². The SMILES string of the molecule is O=C(NCCC(=O)N1C2CCC1CC(C(=O)O)C2)OCC1c2ccccc2-c2ccccc21. The fourth-order valence-corrected chi connectivity index (χ4v) is 5.84. The minimum absolute atomic E-state index is 0.00376. The number of hydrogen-bond donors (Lipinski definition) is 2. The molecule has 2 saturated heterocycles. The molecule has 1 aliphatic carbocycles. The van der Waals surface area contributed by atoms with Crippen LogP contribution in [0.2, 0.25) is 0 Å². The number of fused-ring (bicyclic) bond motifs is 5. The maximum atomic E-state index is 12.7. The van der Waals surface area contributed by atoms with Gasteiger partial charge in [0.25, 0.3) is 0 Å². The van der Waals surface area contributed by atoms with Crippen LogP contribution in [0.5, 0.6) is 0 Å². The van der Waals surface area contributed by atoms with Gasteiger partial charge in [0.1, 0.15) is 6.61 Å². The zero-order valence-corrected chi connectivity index (χ0v) is 18.4. The van der Waals surface area contributed by atoms with Gasteiger partial charge in [-0.15, -0.1) is 0 Å². The Hall–Kier alpha value is -3.35. The number of carboxylic acids is 1. The van der Waals surface area contributed by atoms with Gasteiger partial charge < -0.3 is 20.1 Å². The summed E-state index contributed by atoms with van der Waals surface area (Å²) in [6, 6.07) is 16.4. The minimum Gasteiger partial charge on any atom is -0.481 e. The van der Waals surface area contributed by atoms with Gasteiger partial charge in [-0.2, -0.15) is 0 Å². The van der Waals surface area contributed by atoms with Crippen LogP contribution in [0.1, 0.15) is 49.1 Å². The van der Waals surface area contributed by atoms with Gasteiger partial charge in [-0.05, 0) is 47.9 Å². The first kappa shape index (κ1) is 21.5. The number of benzene rings is 2. The second kappa shape index (κ2) is 8.89. The largest absolute Gasteiger partial charge is 0.481 e. The van der Waals surface area contributed by atoms with Crippen LogP contribution in [0.25, 0.3) is 11.1 Å². The maximum Gasteiger partial charge on any atom is 0.407 e. The summed E-state index contributed by atoms with van der Waals surface area (Å²) in [6.45, 7) is 0.439. The summed E-state index contributed by atoms with van der Waals surface area (Å²) in [5.74, 6) is -1.15. The van der Waals surface area contributed by atoms with Crippen molar-refractivity contribution in [3.8, 4) is 11.1 Å². The highest BCUT2D eigenvalue weighted by Crippen LogP contribution is 2.44. The molecule has 0 spiro atoms. The van der Waals surface area contributed by atoms with Gasteiger partial charge in [0.15, 0.2) is 0 Å². The smallest absolute Gasteiger partial charge is 0.407 e. The van der Waals surface area contributed by atoms with E-state index >= 15 is 0 Å². The van der Waals surface area contributed by atoms with Gasteiger partial charge in [0.05, 0.1) is 5.92 Å². The average molecular weight is 449 g/mol. The quantitative estimate of drug-likeness (QED) is 0.701. The number of amides is 2. The molecule has 2 aromatic carbocycles. The van der Waals surface area contributed by atoms with Crippen molar-refractivity contribution in [1.29, 1.82) is 0 Å². The van der Waals surface area contributed by atoms with Crippen molar-refractivity contribution in [2.45, 2.75) is 50.1 Å². The molecule has 2 atom stereocenters. The highest BCUT2D eigenvalue weighted by Gasteiger charge is 2.44. The van der Waals surface area contributed by atoms with Gasteiger partial charge in [-0.3, -0.25) is 9.59 Å². The number of piperidine rings is 1. The van der Waals surface area contributed by atoms with E-state index in [2.05, 4.69) is 29.6 Å². The zero-order valence-electron chi connectivity index (χ0n) is 18.4. The molecule has 7 nitrogen and oxygen atoms in total. The normalized spacial score (nSPS) is 23.0. The molecule has 7 heteroatoms. The molecule has 2 aliphatic heterocycles. The molecule has 0 aromatic heterocycles. The summed E-state index contributed by atoms with van der Waals surface area (Å²) in [7, 11) is 0. The lowest BCUT2D eigenvalue weighted by Gasteiger charge is -2.37. The Morgan fingerprint density at radius 2 is 1.52 bits per heavy atom. The summed E-state index contributed by atoms with van der Waals surface area (Å²) in [5, 5.41) is 12.0. The number of carbonyl (C=O) groups is 3. The summed E-state index contributed by atoms with van der Waals surface area (Å²) in [5.41, 5.74) is 4.66. The van der Waals surface area contributed by atoms with E-state index in [4.69, 9.17) is 4.74 Å². The third-order valence-electron chi connectivity index (χ3n) is 7.32. The van der Waals surface area contributed by atoms with E-state index in [0.29, 0.717) is 12.8 Å². The van der Waals surface area contributed by atoms with E-state index in [1.165, 1.54) is 11.1 Å². The second-order valence-electron chi connectivity index (χ2n) is 9.19. The monoisotopic (exact) mass is 448 g/mol. The maximum absolute atomic E-state index is 12.7. The van der Waals surface area contributed by atoms with Crippen molar-refractivity contribution in [2.24, 2.45) is 5.92 Å². The van der Waals surface area contributed by atoms with Crippen molar-refractivity contribution in [1.82, 2.24) is 10.2 Å². The third-order valence-corrected chi connectivity index (χ3v) is 7.32. The van der Waals surface area contributed by atoms with Gasteiger partial charge in [0, 0.05) is 31.0 Å². The summed E-state index contributed by atoms with van der Waals surface area (Å²) >= 11 is 0. The molecule has 0 radical (unpaired) electrons. The Morgan fingerprint density at radius 1 is 0.939 bits per heavy atom. The van der Waals surface area contributed by atoms with E-state index in [1.54, 1.807) is 0 Å². The van der Waals surface area contributed by atoms with Crippen LogP contribution in [0.4, 0.5) is 4.79 Å².